The summed E-state index contributed by atoms with van der Waals surface area (Å²) >= 11 is 0. The van der Waals surface area contributed by atoms with Crippen molar-refractivity contribution in [1.29, 1.82) is 0 Å². The molecule has 0 bridgehead atoms. The number of carbonyl (C=O) groups excluding carboxylic acids is 1. The van der Waals surface area contributed by atoms with Crippen LogP contribution >= 0.6 is 0 Å². The van der Waals surface area contributed by atoms with Crippen molar-refractivity contribution in [2.75, 3.05) is 11.9 Å². The van der Waals surface area contributed by atoms with E-state index in [1.807, 2.05) is 0 Å². The molecule has 0 atom stereocenters. The Morgan fingerprint density at radius 2 is 1.77 bits per heavy atom. The minimum absolute atomic E-state index is 0.402. The third-order valence-electron chi connectivity index (χ3n) is 2.40. The Hall–Kier alpha value is -2.20. The van der Waals surface area contributed by atoms with Gasteiger partial charge in [0.1, 0.15) is 5.82 Å². The maximum atomic E-state index is 13.1. The van der Waals surface area contributed by atoms with Gasteiger partial charge in [-0.1, -0.05) is 6.07 Å². The highest BCUT2D eigenvalue weighted by Crippen LogP contribution is 2.43. The van der Waals surface area contributed by atoms with Gasteiger partial charge >= 0.3 is 24.1 Å². The topological polar surface area (TPSA) is 63.2 Å². The predicted octanol–water partition coefficient (Wildman–Crippen LogP) is 3.06. The van der Waals surface area contributed by atoms with Crippen molar-refractivity contribution in [3.63, 3.8) is 0 Å². The summed E-state index contributed by atoms with van der Waals surface area (Å²) in [7, 11) is 0. The molecule has 1 rings (SSSR count). The third kappa shape index (κ3) is 3.71. The normalized spacial score (nSPS) is 12.7. The average molecular weight is 331 g/mol. The number of aromatic nitrogens is 1. The maximum absolute atomic E-state index is 13.1. The molecule has 1 amide bonds. The fourth-order valence-electron chi connectivity index (χ4n) is 1.42. The van der Waals surface area contributed by atoms with Gasteiger partial charge in [-0.25, -0.2) is 9.78 Å². The lowest BCUT2D eigenvalue weighted by Gasteiger charge is -2.38. The number of hydrogen-bond acceptors (Lipinski definition) is 4. The molecular formula is C11H11F6N3O2. The summed E-state index contributed by atoms with van der Waals surface area (Å²) in [6.07, 6.45) is -12.7. The van der Waals surface area contributed by atoms with E-state index in [9.17, 15) is 31.1 Å². The zero-order valence-electron chi connectivity index (χ0n) is 11.0. The molecule has 0 aliphatic heterocycles. The van der Waals surface area contributed by atoms with E-state index in [1.54, 1.807) is 0 Å². The summed E-state index contributed by atoms with van der Waals surface area (Å²) in [5.74, 6) is -0.728. The maximum Gasteiger partial charge on any atom is 0.439 e. The van der Waals surface area contributed by atoms with Gasteiger partial charge in [0.15, 0.2) is 0 Å². The van der Waals surface area contributed by atoms with Crippen LogP contribution in [0.4, 0.5) is 37.0 Å². The monoisotopic (exact) mass is 331 g/mol. The summed E-state index contributed by atoms with van der Waals surface area (Å²) in [6.45, 7) is 0.829. The molecule has 0 aliphatic carbocycles. The lowest BCUT2D eigenvalue weighted by molar-refractivity contribution is -0.295. The van der Waals surface area contributed by atoms with E-state index < -0.39 is 36.5 Å². The highest BCUT2D eigenvalue weighted by Gasteiger charge is 2.73. The van der Waals surface area contributed by atoms with E-state index in [4.69, 9.17) is 0 Å². The second-order valence-electron chi connectivity index (χ2n) is 3.93. The number of hydrogen-bond donors (Lipinski definition) is 2. The van der Waals surface area contributed by atoms with Crippen molar-refractivity contribution >= 4 is 11.9 Å². The minimum atomic E-state index is -5.91. The molecule has 0 radical (unpaired) electrons. The Morgan fingerprint density at radius 1 is 1.18 bits per heavy atom. The Kier molecular flexibility index (Phi) is 5.09. The number of alkyl halides is 6. The van der Waals surface area contributed by atoms with Crippen LogP contribution < -0.4 is 10.6 Å². The van der Waals surface area contributed by atoms with Crippen LogP contribution in [0.1, 0.15) is 6.92 Å². The molecule has 0 saturated carbocycles. The van der Waals surface area contributed by atoms with E-state index >= 15 is 0 Å². The van der Waals surface area contributed by atoms with E-state index in [2.05, 4.69) is 9.72 Å². The van der Waals surface area contributed by atoms with E-state index in [-0.39, 0.29) is 0 Å². The van der Waals surface area contributed by atoms with Gasteiger partial charge in [0.2, 0.25) is 0 Å². The van der Waals surface area contributed by atoms with Gasteiger partial charge in [-0.3, -0.25) is 5.32 Å². The first kappa shape index (κ1) is 17.9. The predicted molar refractivity (Wildman–Crippen MR) is 62.9 cm³/mol. The molecule has 0 aliphatic rings. The quantitative estimate of drug-likeness (QED) is 0.657. The second kappa shape index (κ2) is 6.28. The second-order valence-corrected chi connectivity index (χ2v) is 3.93. The summed E-state index contributed by atoms with van der Waals surface area (Å²) in [4.78, 5) is 14.5. The fourth-order valence-corrected chi connectivity index (χ4v) is 1.42. The molecule has 0 aromatic carbocycles. The van der Waals surface area contributed by atoms with E-state index in [1.165, 1.54) is 24.4 Å². The molecule has 0 saturated heterocycles. The largest absolute Gasteiger partial charge is 0.450 e. The van der Waals surface area contributed by atoms with Crippen LogP contribution in [-0.4, -0.2) is 35.7 Å². The molecule has 124 valence electrons. The number of carbonyl (C=O) groups is 1. The molecule has 0 unspecified atom stereocenters. The van der Waals surface area contributed by atoms with Gasteiger partial charge in [0.05, 0.1) is 6.61 Å². The molecule has 22 heavy (non-hydrogen) atoms. The van der Waals surface area contributed by atoms with Gasteiger partial charge in [-0.05, 0) is 19.1 Å². The van der Waals surface area contributed by atoms with E-state index in [0.717, 1.165) is 17.6 Å². The molecule has 1 heterocycles. The zero-order valence-corrected chi connectivity index (χ0v) is 11.0. The molecular weight excluding hydrogens is 320 g/mol. The van der Waals surface area contributed by atoms with Gasteiger partial charge in [-0.15, -0.1) is 0 Å². The van der Waals surface area contributed by atoms with Gasteiger partial charge in [0, 0.05) is 6.20 Å². The van der Waals surface area contributed by atoms with Crippen LogP contribution in [0.3, 0.4) is 0 Å². The molecule has 1 aromatic heterocycles. The number of pyridine rings is 1. The van der Waals surface area contributed by atoms with Gasteiger partial charge in [-0.2, -0.15) is 26.3 Å². The smallest absolute Gasteiger partial charge is 0.439 e. The Balaban J connectivity index is 3.30. The fraction of sp³-hybridized carbons (Fsp3) is 0.455. The first-order valence-electron chi connectivity index (χ1n) is 5.81. The Labute approximate surface area is 120 Å². The molecule has 5 nitrogen and oxygen atoms in total. The molecule has 2 N–H and O–H groups in total. The number of nitrogens with one attached hydrogen (secondary N) is 2. The standard InChI is InChI=1S/C11H11F6N3O2/c1-2-22-8(21)20-9(10(12,13)14,11(15,16)17)19-7-5-3-4-6-18-7/h3-6H,2H2,1H3,(H,18,19)(H,20,21). The first-order chi connectivity index (χ1) is 10.0. The number of ether oxygens (including phenoxy) is 1. The average Bonchev–Trinajstić information content (AvgIpc) is 2.36. The van der Waals surface area contributed by atoms with Crippen molar-refractivity contribution < 1.29 is 35.9 Å². The van der Waals surface area contributed by atoms with Crippen LogP contribution in [0.15, 0.2) is 24.4 Å². The minimum Gasteiger partial charge on any atom is -0.450 e. The number of nitrogens with zero attached hydrogens (tertiary/aromatic N) is 1. The lowest BCUT2D eigenvalue weighted by atomic mass is 10.1. The number of halogens is 6. The summed E-state index contributed by atoms with van der Waals surface area (Å²) in [6, 6.07) is 3.36. The van der Waals surface area contributed by atoms with Gasteiger partial charge < -0.3 is 10.1 Å². The number of amides is 1. The Morgan fingerprint density at radius 3 is 2.18 bits per heavy atom. The molecule has 1 aromatic rings. The van der Waals surface area contributed by atoms with Crippen molar-refractivity contribution in [3.8, 4) is 0 Å². The molecule has 11 heteroatoms. The van der Waals surface area contributed by atoms with Crippen LogP contribution in [-0.2, 0) is 4.74 Å². The Bertz CT molecular complexity index is 489. The summed E-state index contributed by atoms with van der Waals surface area (Å²) < 4.78 is 82.6. The SMILES string of the molecule is CCOC(=O)NC(Nc1ccccn1)(C(F)(F)F)C(F)(F)F. The molecule has 0 fully saturated rings. The summed E-state index contributed by atoms with van der Waals surface area (Å²) in [5, 5.41) is 1.99. The van der Waals surface area contributed by atoms with Crippen LogP contribution in [0, 0.1) is 0 Å². The lowest BCUT2D eigenvalue weighted by Crippen LogP contribution is -2.72. The summed E-state index contributed by atoms with van der Waals surface area (Å²) in [5.41, 5.74) is -4.74. The zero-order chi connectivity index (χ0) is 17.0. The number of alkyl carbamates (subject to hydrolysis) is 1. The van der Waals surface area contributed by atoms with Crippen molar-refractivity contribution in [1.82, 2.24) is 10.3 Å². The van der Waals surface area contributed by atoms with Crippen molar-refractivity contribution in [2.24, 2.45) is 0 Å². The highest BCUT2D eigenvalue weighted by molar-refractivity contribution is 5.69. The van der Waals surface area contributed by atoms with E-state index in [0.29, 0.717) is 0 Å². The van der Waals surface area contributed by atoms with Crippen molar-refractivity contribution in [2.45, 2.75) is 24.9 Å². The highest BCUT2D eigenvalue weighted by atomic mass is 19.4. The van der Waals surface area contributed by atoms with Crippen molar-refractivity contribution in [3.05, 3.63) is 24.4 Å². The number of anilines is 1. The van der Waals surface area contributed by atoms with Crippen LogP contribution in [0.5, 0.6) is 0 Å². The third-order valence-corrected chi connectivity index (χ3v) is 2.40. The van der Waals surface area contributed by atoms with Gasteiger partial charge in [0.25, 0.3) is 0 Å². The first-order valence-corrected chi connectivity index (χ1v) is 5.81. The van der Waals surface area contributed by atoms with Crippen LogP contribution in [0.25, 0.3) is 0 Å². The number of rotatable bonds is 4. The van der Waals surface area contributed by atoms with Crippen LogP contribution in [0.2, 0.25) is 0 Å². The molecule has 0 spiro atoms.